The van der Waals surface area contributed by atoms with Gasteiger partial charge < -0.3 is 15.4 Å². The molecule has 1 aliphatic heterocycles. The van der Waals surface area contributed by atoms with Gasteiger partial charge >= 0.3 is 0 Å². The maximum atomic E-state index is 12.0. The van der Waals surface area contributed by atoms with E-state index >= 15 is 0 Å². The third-order valence-corrected chi connectivity index (χ3v) is 4.31. The average molecular weight is 288 g/mol. The van der Waals surface area contributed by atoms with Crippen LogP contribution in [-0.4, -0.2) is 24.7 Å². The summed E-state index contributed by atoms with van der Waals surface area (Å²) in [4.78, 5) is 12.0. The Morgan fingerprint density at radius 3 is 2.71 bits per heavy atom. The van der Waals surface area contributed by atoms with Crippen LogP contribution in [0.3, 0.4) is 0 Å². The molecule has 1 amide bonds. The van der Waals surface area contributed by atoms with Crippen molar-refractivity contribution in [2.24, 2.45) is 0 Å². The van der Waals surface area contributed by atoms with Gasteiger partial charge in [-0.2, -0.15) is 0 Å². The van der Waals surface area contributed by atoms with Crippen LogP contribution in [0.15, 0.2) is 24.3 Å². The molecule has 0 aromatic heterocycles. The minimum absolute atomic E-state index is 0.0416. The first kappa shape index (κ1) is 14.4. The first-order valence-corrected chi connectivity index (χ1v) is 8.08. The van der Waals surface area contributed by atoms with E-state index in [-0.39, 0.29) is 12.0 Å². The molecule has 1 saturated heterocycles. The molecule has 4 nitrogen and oxygen atoms in total. The van der Waals surface area contributed by atoms with Gasteiger partial charge in [-0.05, 0) is 43.9 Å². The summed E-state index contributed by atoms with van der Waals surface area (Å²) in [6.45, 7) is 0.790. The van der Waals surface area contributed by atoms with Crippen molar-refractivity contribution in [3.8, 4) is 0 Å². The zero-order chi connectivity index (χ0) is 14.5. The summed E-state index contributed by atoms with van der Waals surface area (Å²) in [5.41, 5.74) is 1.96. The van der Waals surface area contributed by atoms with E-state index in [2.05, 4.69) is 16.7 Å². The normalized spacial score (nSPS) is 22.4. The van der Waals surface area contributed by atoms with E-state index < -0.39 is 0 Å². The fourth-order valence-electron chi connectivity index (χ4n) is 3.22. The van der Waals surface area contributed by atoms with E-state index in [0.29, 0.717) is 12.5 Å². The molecule has 4 heteroatoms. The molecule has 0 spiro atoms. The van der Waals surface area contributed by atoms with Crippen molar-refractivity contribution >= 4 is 17.3 Å². The van der Waals surface area contributed by atoms with Crippen LogP contribution in [0.4, 0.5) is 11.4 Å². The fourth-order valence-corrected chi connectivity index (χ4v) is 3.22. The summed E-state index contributed by atoms with van der Waals surface area (Å²) in [5.74, 6) is 0.0416. The van der Waals surface area contributed by atoms with Gasteiger partial charge in [0.25, 0.3) is 0 Å². The van der Waals surface area contributed by atoms with Crippen LogP contribution in [0.2, 0.25) is 0 Å². The monoisotopic (exact) mass is 288 g/mol. The quantitative estimate of drug-likeness (QED) is 0.871. The van der Waals surface area contributed by atoms with Gasteiger partial charge in [-0.3, -0.25) is 4.79 Å². The van der Waals surface area contributed by atoms with E-state index in [0.717, 1.165) is 30.8 Å². The molecule has 21 heavy (non-hydrogen) atoms. The first-order chi connectivity index (χ1) is 10.3. The third-order valence-electron chi connectivity index (χ3n) is 4.31. The lowest BCUT2D eigenvalue weighted by atomic mass is 10.1. The van der Waals surface area contributed by atoms with Crippen LogP contribution in [-0.2, 0) is 9.53 Å². The Balaban J connectivity index is 1.53. The molecule has 114 valence electrons. The third kappa shape index (κ3) is 4.21. The molecule has 1 aromatic carbocycles. The van der Waals surface area contributed by atoms with Crippen molar-refractivity contribution in [2.45, 2.75) is 57.1 Å². The number of hydrogen-bond donors (Lipinski definition) is 2. The molecule has 3 rings (SSSR count). The smallest absolute Gasteiger partial charge is 0.226 e. The number of hydrogen-bond acceptors (Lipinski definition) is 3. The molecule has 1 heterocycles. The van der Waals surface area contributed by atoms with E-state index in [1.165, 1.54) is 25.7 Å². The summed E-state index contributed by atoms with van der Waals surface area (Å²) < 4.78 is 5.50. The van der Waals surface area contributed by atoms with Crippen molar-refractivity contribution in [3.05, 3.63) is 24.3 Å². The van der Waals surface area contributed by atoms with Crippen LogP contribution >= 0.6 is 0 Å². The van der Waals surface area contributed by atoms with E-state index in [4.69, 9.17) is 4.74 Å². The number of benzene rings is 1. The molecule has 1 atom stereocenters. The second kappa shape index (κ2) is 6.94. The van der Waals surface area contributed by atoms with Crippen molar-refractivity contribution in [2.75, 3.05) is 17.2 Å². The van der Waals surface area contributed by atoms with Crippen molar-refractivity contribution in [1.82, 2.24) is 0 Å². The summed E-state index contributed by atoms with van der Waals surface area (Å²) in [6, 6.07) is 8.59. The molecular formula is C17H24N2O2. The summed E-state index contributed by atoms with van der Waals surface area (Å²) in [5, 5.41) is 6.53. The molecule has 0 radical (unpaired) electrons. The number of anilines is 2. The fraction of sp³-hybridized carbons (Fsp3) is 0.588. The largest absolute Gasteiger partial charge is 0.382 e. The Bertz CT molecular complexity index is 477. The first-order valence-electron chi connectivity index (χ1n) is 8.08. The number of carbonyl (C=O) groups excluding carboxylic acids is 1. The van der Waals surface area contributed by atoms with Gasteiger partial charge in [0, 0.05) is 24.0 Å². The van der Waals surface area contributed by atoms with Crippen LogP contribution in [0.1, 0.15) is 44.9 Å². The maximum Gasteiger partial charge on any atom is 0.226 e. The Hall–Kier alpha value is -1.55. The van der Waals surface area contributed by atoms with Crippen LogP contribution in [0.25, 0.3) is 0 Å². The molecule has 0 bridgehead atoms. The van der Waals surface area contributed by atoms with E-state index in [1.807, 2.05) is 18.2 Å². The Morgan fingerprint density at radius 2 is 1.95 bits per heavy atom. The van der Waals surface area contributed by atoms with E-state index in [9.17, 15) is 4.79 Å². The molecule has 2 N–H and O–H groups in total. The van der Waals surface area contributed by atoms with Crippen molar-refractivity contribution < 1.29 is 9.53 Å². The van der Waals surface area contributed by atoms with Gasteiger partial charge in [0.05, 0.1) is 12.5 Å². The second-order valence-electron chi connectivity index (χ2n) is 6.09. The predicted molar refractivity (Wildman–Crippen MR) is 84.5 cm³/mol. The van der Waals surface area contributed by atoms with Gasteiger partial charge in [-0.15, -0.1) is 0 Å². The van der Waals surface area contributed by atoms with Crippen LogP contribution in [0, 0.1) is 0 Å². The highest BCUT2D eigenvalue weighted by Crippen LogP contribution is 2.24. The number of carbonyl (C=O) groups is 1. The second-order valence-corrected chi connectivity index (χ2v) is 6.09. The zero-order valence-electron chi connectivity index (χ0n) is 12.4. The molecular weight excluding hydrogens is 264 g/mol. The standard InChI is InChI=1S/C17H24N2O2/c20-17(12-16-9-4-10-21-16)19-15-8-3-7-14(11-15)18-13-5-1-2-6-13/h3,7-8,11,13,16,18H,1-2,4-6,9-10,12H2,(H,19,20). The molecule has 1 unspecified atom stereocenters. The average Bonchev–Trinajstić information content (AvgIpc) is 3.12. The van der Waals surface area contributed by atoms with Gasteiger partial charge in [0.1, 0.15) is 0 Å². The lowest BCUT2D eigenvalue weighted by molar-refractivity contribution is -0.118. The van der Waals surface area contributed by atoms with Gasteiger partial charge in [0.15, 0.2) is 0 Å². The Labute approximate surface area is 126 Å². The van der Waals surface area contributed by atoms with Crippen molar-refractivity contribution in [1.29, 1.82) is 0 Å². The highest BCUT2D eigenvalue weighted by molar-refractivity contribution is 5.91. The van der Waals surface area contributed by atoms with Gasteiger partial charge in [-0.1, -0.05) is 18.9 Å². The number of amides is 1. The Kier molecular flexibility index (Phi) is 4.76. The number of rotatable bonds is 5. The minimum atomic E-state index is 0.0416. The highest BCUT2D eigenvalue weighted by atomic mass is 16.5. The molecule has 1 saturated carbocycles. The van der Waals surface area contributed by atoms with Crippen LogP contribution in [0.5, 0.6) is 0 Å². The van der Waals surface area contributed by atoms with Gasteiger partial charge in [-0.25, -0.2) is 0 Å². The van der Waals surface area contributed by atoms with Crippen LogP contribution < -0.4 is 10.6 Å². The van der Waals surface area contributed by atoms with Crippen molar-refractivity contribution in [3.63, 3.8) is 0 Å². The summed E-state index contributed by atoms with van der Waals surface area (Å²) >= 11 is 0. The summed E-state index contributed by atoms with van der Waals surface area (Å²) in [7, 11) is 0. The Morgan fingerprint density at radius 1 is 1.14 bits per heavy atom. The number of nitrogens with one attached hydrogen (secondary N) is 2. The molecule has 1 aliphatic carbocycles. The zero-order valence-corrected chi connectivity index (χ0v) is 12.4. The lowest BCUT2D eigenvalue weighted by Gasteiger charge is -2.15. The molecule has 2 fully saturated rings. The molecule has 1 aromatic rings. The topological polar surface area (TPSA) is 50.4 Å². The maximum absolute atomic E-state index is 12.0. The van der Waals surface area contributed by atoms with Gasteiger partial charge in [0.2, 0.25) is 5.91 Å². The highest BCUT2D eigenvalue weighted by Gasteiger charge is 2.19. The predicted octanol–water partition coefficient (Wildman–Crippen LogP) is 3.55. The molecule has 2 aliphatic rings. The number of ether oxygens (including phenoxy) is 1. The summed E-state index contributed by atoms with van der Waals surface area (Å²) in [6.07, 6.45) is 7.75. The SMILES string of the molecule is O=C(CC1CCCO1)Nc1cccc(NC2CCCC2)c1. The lowest BCUT2D eigenvalue weighted by Crippen LogP contribution is -2.19. The van der Waals surface area contributed by atoms with E-state index in [1.54, 1.807) is 0 Å². The minimum Gasteiger partial charge on any atom is -0.382 e.